The number of allylic oxidation sites excluding steroid dienone is 3. The third-order valence-electron chi connectivity index (χ3n) is 2.32. The molecule has 0 saturated heterocycles. The average Bonchev–Trinajstić information content (AvgIpc) is 2.52. The van der Waals surface area contributed by atoms with Gasteiger partial charge in [-0.15, -0.1) is 0 Å². The number of carbonyl (C=O) groups excluding carboxylic acids is 2. The molecule has 1 aliphatic carbocycles. The molecule has 1 aliphatic heterocycles. The lowest BCUT2D eigenvalue weighted by Gasteiger charge is -2.21. The molecule has 15 heavy (non-hydrogen) atoms. The highest BCUT2D eigenvalue weighted by Crippen LogP contribution is 2.44. The van der Waals surface area contributed by atoms with E-state index in [0.717, 1.165) is 10.6 Å². The van der Waals surface area contributed by atoms with Gasteiger partial charge in [0.2, 0.25) is 5.91 Å². The fourth-order valence-corrected chi connectivity index (χ4v) is 3.21. The summed E-state index contributed by atoms with van der Waals surface area (Å²) in [6.07, 6.45) is 3.98. The standard InChI is InChI=1S/C10H10ClNO2S/c1-2-9(14)12-7-4-3-6(13)5-8(7)15-10(12)11/h3-4,10H,2,5H2,1H3. The van der Waals surface area contributed by atoms with Gasteiger partial charge in [0, 0.05) is 17.7 Å². The van der Waals surface area contributed by atoms with Gasteiger partial charge in [-0.1, -0.05) is 30.3 Å². The second-order valence-electron chi connectivity index (χ2n) is 3.31. The van der Waals surface area contributed by atoms with Crippen LogP contribution < -0.4 is 0 Å². The lowest BCUT2D eigenvalue weighted by atomic mass is 10.1. The van der Waals surface area contributed by atoms with Crippen molar-refractivity contribution in [2.75, 3.05) is 0 Å². The number of thioether (sulfide) groups is 1. The summed E-state index contributed by atoms with van der Waals surface area (Å²) < 4.78 is 0. The first-order chi connectivity index (χ1) is 7.13. The lowest BCUT2D eigenvalue weighted by Crippen LogP contribution is -2.30. The second-order valence-corrected chi connectivity index (χ2v) is 5.16. The Kier molecular flexibility index (Phi) is 2.89. The number of amides is 1. The van der Waals surface area contributed by atoms with Crippen molar-refractivity contribution in [3.05, 3.63) is 22.8 Å². The highest BCUT2D eigenvalue weighted by molar-refractivity contribution is 8.05. The number of hydrogen-bond acceptors (Lipinski definition) is 3. The van der Waals surface area contributed by atoms with E-state index in [1.54, 1.807) is 17.9 Å². The van der Waals surface area contributed by atoms with Crippen LogP contribution in [0, 0.1) is 0 Å². The summed E-state index contributed by atoms with van der Waals surface area (Å²) in [5.41, 5.74) is 0.798. The third kappa shape index (κ3) is 1.84. The molecule has 0 aromatic rings. The zero-order valence-corrected chi connectivity index (χ0v) is 9.77. The molecule has 0 aromatic heterocycles. The topological polar surface area (TPSA) is 37.4 Å². The highest BCUT2D eigenvalue weighted by Gasteiger charge is 2.35. The Morgan fingerprint density at radius 1 is 1.67 bits per heavy atom. The Morgan fingerprint density at radius 3 is 3.07 bits per heavy atom. The Balaban J connectivity index is 2.30. The van der Waals surface area contributed by atoms with E-state index in [1.807, 2.05) is 0 Å². The molecular formula is C10H10ClNO2S. The van der Waals surface area contributed by atoms with Gasteiger partial charge >= 0.3 is 0 Å². The molecular weight excluding hydrogens is 234 g/mol. The fraction of sp³-hybridized carbons (Fsp3) is 0.400. The van der Waals surface area contributed by atoms with Gasteiger partial charge in [0.05, 0.1) is 5.70 Å². The summed E-state index contributed by atoms with van der Waals surface area (Å²) in [6, 6.07) is 0. The molecule has 0 bridgehead atoms. The van der Waals surface area contributed by atoms with E-state index < -0.39 is 4.83 Å². The maximum absolute atomic E-state index is 11.6. The largest absolute Gasteiger partial charge is 0.294 e. The number of ketones is 1. The maximum atomic E-state index is 11.6. The van der Waals surface area contributed by atoms with Crippen molar-refractivity contribution in [1.82, 2.24) is 4.90 Å². The molecule has 5 heteroatoms. The van der Waals surface area contributed by atoms with Gasteiger partial charge in [0.25, 0.3) is 0 Å². The van der Waals surface area contributed by atoms with Crippen LogP contribution in [0.5, 0.6) is 0 Å². The summed E-state index contributed by atoms with van der Waals surface area (Å²) in [6.45, 7) is 1.80. The van der Waals surface area contributed by atoms with Gasteiger partial charge in [-0.2, -0.15) is 0 Å². The molecule has 80 valence electrons. The minimum absolute atomic E-state index is 0.00787. The number of alkyl halides is 1. The summed E-state index contributed by atoms with van der Waals surface area (Å²) in [4.78, 5) is 24.9. The number of hydrogen-bond donors (Lipinski definition) is 0. The van der Waals surface area contributed by atoms with Gasteiger partial charge in [0.1, 0.15) is 0 Å². The van der Waals surface area contributed by atoms with Crippen LogP contribution in [0.2, 0.25) is 0 Å². The van der Waals surface area contributed by atoms with E-state index in [4.69, 9.17) is 11.6 Å². The molecule has 0 N–H and O–H groups in total. The van der Waals surface area contributed by atoms with Crippen LogP contribution in [0.1, 0.15) is 19.8 Å². The van der Waals surface area contributed by atoms with Crippen LogP contribution in [0.3, 0.4) is 0 Å². The van der Waals surface area contributed by atoms with E-state index in [1.165, 1.54) is 17.8 Å². The molecule has 0 radical (unpaired) electrons. The molecule has 1 atom stereocenters. The molecule has 0 saturated carbocycles. The highest BCUT2D eigenvalue weighted by atomic mass is 35.5. The monoisotopic (exact) mass is 243 g/mol. The zero-order chi connectivity index (χ0) is 11.0. The minimum atomic E-state index is -0.405. The minimum Gasteiger partial charge on any atom is -0.294 e. The number of rotatable bonds is 1. The number of halogens is 1. The van der Waals surface area contributed by atoms with Crippen molar-refractivity contribution in [1.29, 1.82) is 0 Å². The zero-order valence-electron chi connectivity index (χ0n) is 8.20. The van der Waals surface area contributed by atoms with Crippen LogP contribution in [0.25, 0.3) is 0 Å². The molecule has 0 fully saturated rings. The van der Waals surface area contributed by atoms with E-state index in [0.29, 0.717) is 12.8 Å². The van der Waals surface area contributed by atoms with Crippen molar-refractivity contribution in [2.45, 2.75) is 24.6 Å². The first-order valence-corrected chi connectivity index (χ1v) is 6.02. The molecule has 1 heterocycles. The van der Waals surface area contributed by atoms with E-state index >= 15 is 0 Å². The van der Waals surface area contributed by atoms with Crippen LogP contribution in [0.4, 0.5) is 0 Å². The van der Waals surface area contributed by atoms with Crippen LogP contribution >= 0.6 is 23.4 Å². The van der Waals surface area contributed by atoms with Gasteiger partial charge in [-0.3, -0.25) is 14.5 Å². The van der Waals surface area contributed by atoms with Gasteiger partial charge in [0.15, 0.2) is 10.6 Å². The third-order valence-corrected chi connectivity index (χ3v) is 3.83. The Bertz CT molecular complexity index is 389. The van der Waals surface area contributed by atoms with Crippen molar-refractivity contribution >= 4 is 35.1 Å². The molecule has 0 aromatic carbocycles. The fourth-order valence-electron chi connectivity index (χ4n) is 1.59. The summed E-state index contributed by atoms with van der Waals surface area (Å²) in [5, 5.41) is 0. The predicted molar refractivity (Wildman–Crippen MR) is 60.2 cm³/mol. The van der Waals surface area contributed by atoms with Gasteiger partial charge in [-0.05, 0) is 12.2 Å². The van der Waals surface area contributed by atoms with E-state index in [9.17, 15) is 9.59 Å². The van der Waals surface area contributed by atoms with Crippen LogP contribution in [-0.2, 0) is 9.59 Å². The van der Waals surface area contributed by atoms with Crippen molar-refractivity contribution in [3.63, 3.8) is 0 Å². The molecule has 1 unspecified atom stereocenters. The average molecular weight is 244 g/mol. The number of carbonyl (C=O) groups is 2. The van der Waals surface area contributed by atoms with Gasteiger partial charge in [-0.25, -0.2) is 0 Å². The summed E-state index contributed by atoms with van der Waals surface area (Å²) in [5.74, 6) is 0.0578. The lowest BCUT2D eigenvalue weighted by molar-refractivity contribution is -0.128. The Hall–Kier alpha value is -0.740. The van der Waals surface area contributed by atoms with Crippen LogP contribution in [-0.4, -0.2) is 21.4 Å². The quantitative estimate of drug-likeness (QED) is 0.524. The smallest absolute Gasteiger partial charge is 0.228 e. The first kappa shape index (κ1) is 10.8. The Morgan fingerprint density at radius 2 is 2.40 bits per heavy atom. The molecule has 3 nitrogen and oxygen atoms in total. The van der Waals surface area contributed by atoms with Gasteiger partial charge < -0.3 is 0 Å². The van der Waals surface area contributed by atoms with Crippen molar-refractivity contribution in [3.8, 4) is 0 Å². The SMILES string of the molecule is CCC(=O)N1C2=C(CC(=O)C=C2)SC1Cl. The number of nitrogens with zero attached hydrogens (tertiary/aromatic N) is 1. The Labute approximate surface area is 97.1 Å². The summed E-state index contributed by atoms with van der Waals surface area (Å²) >= 11 is 7.44. The van der Waals surface area contributed by atoms with E-state index in [-0.39, 0.29) is 11.7 Å². The van der Waals surface area contributed by atoms with Crippen molar-refractivity contribution in [2.24, 2.45) is 0 Å². The molecule has 2 aliphatic rings. The second kappa shape index (κ2) is 4.02. The molecule has 0 spiro atoms. The van der Waals surface area contributed by atoms with E-state index in [2.05, 4.69) is 0 Å². The van der Waals surface area contributed by atoms with Crippen LogP contribution in [0.15, 0.2) is 22.8 Å². The maximum Gasteiger partial charge on any atom is 0.228 e. The van der Waals surface area contributed by atoms with Crippen molar-refractivity contribution < 1.29 is 9.59 Å². The predicted octanol–water partition coefficient (Wildman–Crippen LogP) is 2.23. The normalized spacial score (nSPS) is 24.8. The molecule has 2 rings (SSSR count). The molecule has 1 amide bonds. The summed E-state index contributed by atoms with van der Waals surface area (Å²) in [7, 11) is 0. The first-order valence-electron chi connectivity index (χ1n) is 4.70.